The van der Waals surface area contributed by atoms with Crippen LogP contribution in [0, 0.1) is 100 Å². The molecule has 119 heavy (non-hydrogen) atoms. The van der Waals surface area contributed by atoms with E-state index in [0.29, 0.717) is 89.1 Å². The molecule has 6 rings (SSSR count). The number of carbonyl (C=O) groups is 5. The number of aliphatic hydroxyl groups is 2. The molecule has 6 saturated heterocycles. The molecule has 6 aliphatic rings. The van der Waals surface area contributed by atoms with Gasteiger partial charge in [0.15, 0.2) is 0 Å². The summed E-state index contributed by atoms with van der Waals surface area (Å²) < 4.78 is 5.12. The first kappa shape index (κ1) is 114. The van der Waals surface area contributed by atoms with Gasteiger partial charge in [0.05, 0.1) is 44.1 Å². The summed E-state index contributed by atoms with van der Waals surface area (Å²) in [5.74, 6) is 2.98. The van der Waals surface area contributed by atoms with Gasteiger partial charge in [-0.1, -0.05) is 326 Å². The Labute approximate surface area is 740 Å². The quantitative estimate of drug-likeness (QED) is 0.0556. The molecule has 14 heteroatoms. The highest BCUT2D eigenvalue weighted by molar-refractivity contribution is 5.82. The third kappa shape index (κ3) is 51.6. The third-order valence-electron chi connectivity index (χ3n) is 25.8. The first-order chi connectivity index (χ1) is 53.8. The number of hydrogen-bond acceptors (Lipinski definition) is 9. The first-order valence-corrected chi connectivity index (χ1v) is 49.0. The van der Waals surface area contributed by atoms with Crippen LogP contribution in [0.15, 0.2) is 0 Å². The van der Waals surface area contributed by atoms with Gasteiger partial charge in [0.2, 0.25) is 29.5 Å². The van der Waals surface area contributed by atoms with E-state index >= 15 is 0 Å². The van der Waals surface area contributed by atoms with Gasteiger partial charge in [0, 0.05) is 75.4 Å². The van der Waals surface area contributed by atoms with Crippen LogP contribution in [0.4, 0.5) is 0 Å². The summed E-state index contributed by atoms with van der Waals surface area (Å²) >= 11 is 0. The smallest absolute Gasteiger partial charge is 0.226 e. The number of aliphatic hydroxyl groups excluding tert-OH is 1. The van der Waals surface area contributed by atoms with Crippen LogP contribution in [0.25, 0.3) is 0 Å². The summed E-state index contributed by atoms with van der Waals surface area (Å²) in [5, 5.41) is 22.3. The minimum absolute atomic E-state index is 0.000637. The summed E-state index contributed by atoms with van der Waals surface area (Å²) in [7, 11) is 0. The Hall–Kier alpha value is -2.81. The van der Waals surface area contributed by atoms with Crippen molar-refractivity contribution in [3.8, 4) is 0 Å². The average Bonchev–Trinajstić information content (AvgIpc) is 1.25. The molecule has 6 unspecified atom stereocenters. The van der Waals surface area contributed by atoms with Gasteiger partial charge in [-0.3, -0.25) is 24.0 Å². The molecule has 6 aliphatic heterocycles. The zero-order valence-electron chi connectivity index (χ0n) is 86.4. The van der Waals surface area contributed by atoms with E-state index in [1.165, 1.54) is 154 Å². The first-order valence-electron chi connectivity index (χ1n) is 49.0. The largest absolute Gasteiger partial charge is 0.389 e. The van der Waals surface area contributed by atoms with Crippen molar-refractivity contribution in [2.24, 2.45) is 100 Å². The minimum atomic E-state index is -0.676. The van der Waals surface area contributed by atoms with Crippen molar-refractivity contribution < 1.29 is 38.9 Å². The van der Waals surface area contributed by atoms with Crippen molar-refractivity contribution in [1.29, 1.82) is 0 Å². The third-order valence-corrected chi connectivity index (χ3v) is 25.8. The zero-order chi connectivity index (χ0) is 92.0. The summed E-state index contributed by atoms with van der Waals surface area (Å²) in [5.41, 5.74) is 2.45. The van der Waals surface area contributed by atoms with Crippen LogP contribution in [0.1, 0.15) is 442 Å². The number of unbranched alkanes of at least 4 members (excludes halogenated alkanes) is 6. The van der Waals surface area contributed by atoms with E-state index in [1.807, 2.05) is 14.7 Å². The highest BCUT2D eigenvalue weighted by Gasteiger charge is 2.45. The lowest BCUT2D eigenvalue weighted by molar-refractivity contribution is -0.160. The molecular weight excluding hydrogens is 1470 g/mol. The molecule has 5 amide bonds. The number of amides is 5. The van der Waals surface area contributed by atoms with Crippen molar-refractivity contribution in [2.75, 3.05) is 85.2 Å². The van der Waals surface area contributed by atoms with E-state index in [9.17, 15) is 34.2 Å². The molecule has 704 valence electrons. The molecule has 6 heterocycles. The van der Waals surface area contributed by atoms with Crippen LogP contribution in [0.2, 0.25) is 0 Å². The molecule has 0 spiro atoms. The van der Waals surface area contributed by atoms with Gasteiger partial charge < -0.3 is 44.8 Å². The highest BCUT2D eigenvalue weighted by atomic mass is 16.5. The van der Waals surface area contributed by atoms with Crippen LogP contribution in [-0.4, -0.2) is 167 Å². The molecular formula is C105H206N6O8. The number of rotatable bonds is 32. The number of β-amino-alcohol motifs (C(OH)–C–C–N with tert-alkyl or cyclic N) is 2. The summed E-state index contributed by atoms with van der Waals surface area (Å²) in [6, 6.07) is 0.238. The lowest BCUT2D eigenvalue weighted by Crippen LogP contribution is -2.63. The average molecular weight is 1680 g/mol. The Kier molecular flexibility index (Phi) is 48.1. The predicted octanol–water partition coefficient (Wildman–Crippen LogP) is 25.8. The molecule has 6 atom stereocenters. The van der Waals surface area contributed by atoms with E-state index in [-0.39, 0.29) is 86.5 Å². The van der Waals surface area contributed by atoms with E-state index in [0.717, 1.165) is 83.5 Å². The van der Waals surface area contributed by atoms with Crippen molar-refractivity contribution >= 4 is 29.5 Å². The number of nitrogens with zero attached hydrogens (tertiary/aromatic N) is 5. The monoisotopic (exact) mass is 1680 g/mol. The Morgan fingerprint density at radius 2 is 0.588 bits per heavy atom. The summed E-state index contributed by atoms with van der Waals surface area (Å²) in [4.78, 5) is 73.3. The number of carbonyl (C=O) groups excluding carboxylic acids is 5. The van der Waals surface area contributed by atoms with Gasteiger partial charge in [0.25, 0.3) is 0 Å². The van der Waals surface area contributed by atoms with Gasteiger partial charge in [-0.15, -0.1) is 0 Å². The maximum absolute atomic E-state index is 12.7. The maximum Gasteiger partial charge on any atom is 0.226 e. The molecule has 0 aliphatic carbocycles. The number of nitrogens with one attached hydrogen (secondary N) is 1. The summed E-state index contributed by atoms with van der Waals surface area (Å²) in [6.45, 7) is 94.3. The van der Waals surface area contributed by atoms with E-state index < -0.39 is 5.60 Å². The summed E-state index contributed by atoms with van der Waals surface area (Å²) in [6.07, 6.45) is 34.6. The van der Waals surface area contributed by atoms with Crippen LogP contribution in [0.3, 0.4) is 0 Å². The number of hydrogen-bond donors (Lipinski definition) is 3. The van der Waals surface area contributed by atoms with Crippen LogP contribution in [0.5, 0.6) is 0 Å². The Morgan fingerprint density at radius 1 is 0.336 bits per heavy atom. The predicted molar refractivity (Wildman–Crippen MR) is 510 cm³/mol. The number of ether oxygens (including phenoxy) is 1. The molecule has 3 N–H and O–H groups in total. The normalized spacial score (nSPS) is 19.0. The second kappa shape index (κ2) is 50.1. The van der Waals surface area contributed by atoms with Crippen molar-refractivity contribution in [3.63, 3.8) is 0 Å². The molecule has 0 aromatic carbocycles. The zero-order valence-corrected chi connectivity index (χ0v) is 86.4. The molecule has 0 radical (unpaired) electrons. The van der Waals surface area contributed by atoms with E-state index in [1.54, 1.807) is 6.92 Å². The van der Waals surface area contributed by atoms with Crippen LogP contribution in [-0.2, 0) is 28.7 Å². The topological polar surface area (TPSA) is 163 Å². The van der Waals surface area contributed by atoms with Gasteiger partial charge in [0.1, 0.15) is 0 Å². The van der Waals surface area contributed by atoms with Crippen LogP contribution < -0.4 is 5.32 Å². The highest BCUT2D eigenvalue weighted by Crippen LogP contribution is 2.41. The van der Waals surface area contributed by atoms with Crippen molar-refractivity contribution in [3.05, 3.63) is 0 Å². The Bertz CT molecular complexity index is 2800. The fraction of sp³-hybridized carbons (Fsp3) is 0.952. The lowest BCUT2D eigenvalue weighted by Gasteiger charge is -2.47. The van der Waals surface area contributed by atoms with Crippen molar-refractivity contribution in [2.45, 2.75) is 460 Å². The van der Waals surface area contributed by atoms with Crippen LogP contribution >= 0.6 is 0 Å². The lowest BCUT2D eigenvalue weighted by atomic mass is 9.75. The standard InChI is InChI=1S/C18H35NO2.C18H35NO.C18H37N.2C17H33NO2.C17H33NO/c1-16(2,3)11-9-8-10-14(17(4,5)6)15(20)19-12-18(7,21)13-19;1-17(2,3)12-8-7-11-15(18(4,5)6)16(20)19-13-9-10-14-19;1-17(2,3)12-8-7-11-16(18(4,5)6)15-19-13-9-10-14-19;1-16(2,3)10-8-7-9-14(17(4,5)6)15(19)18-13-11-20-12-13;1-16(2,3)10-8-7-9-14(17(4,5)6)15(20)18-11-13(19)12-18;1-16(2,3)11-8-7-10-14(17(4,5)6)15(19)18-12-9-13-18/h14,21H,8-13H2,1-7H3;15H,7-14H2,1-6H3;16H,7-15H2,1-6H3;13-14H,7-12H2,1-6H3,(H,18,19);13-14,19H,7-12H2,1-6H3;14H,7-13H2,1-6H3. The minimum Gasteiger partial charge on any atom is -0.389 e. The SMILES string of the molecule is CC(C)(C)CCCCC(C(=O)N1CC(C)(O)C1)C(C)(C)C.CC(C)(C)CCCCC(C(=O)N1CC(O)C1)C(C)(C)C.CC(C)(C)CCCCC(C(=O)N1CCC1)C(C)(C)C.CC(C)(C)CCCCC(C(=O)N1CCCC1)C(C)(C)C.CC(C)(C)CCCCC(C(=O)NC1COC1)C(C)(C)C.CC(C)(C)CCCCC(CN1CCCC1)C(C)(C)C. The molecule has 0 saturated carbocycles. The van der Waals surface area contributed by atoms with Gasteiger partial charge in [-0.05, 0) is 200 Å². The molecule has 0 aromatic rings. The van der Waals surface area contributed by atoms with Gasteiger partial charge in [-0.2, -0.15) is 0 Å². The molecule has 14 nitrogen and oxygen atoms in total. The Balaban J connectivity index is 0.000000714. The van der Waals surface area contributed by atoms with E-state index in [4.69, 9.17) is 4.74 Å². The van der Waals surface area contributed by atoms with Gasteiger partial charge >= 0.3 is 0 Å². The second-order valence-electron chi connectivity index (χ2n) is 52.5. The fourth-order valence-electron chi connectivity index (χ4n) is 17.3. The second-order valence-corrected chi connectivity index (χ2v) is 52.5. The van der Waals surface area contributed by atoms with Gasteiger partial charge in [-0.25, -0.2) is 0 Å². The van der Waals surface area contributed by atoms with Crippen molar-refractivity contribution in [1.82, 2.24) is 29.8 Å². The van der Waals surface area contributed by atoms with E-state index in [2.05, 4.69) is 264 Å². The molecule has 6 fully saturated rings. The fourth-order valence-corrected chi connectivity index (χ4v) is 17.3. The number of likely N-dealkylation sites (tertiary alicyclic amines) is 5. The molecule has 0 aromatic heterocycles. The maximum atomic E-state index is 12.7. The Morgan fingerprint density at radius 3 is 0.815 bits per heavy atom. The molecule has 0 bridgehead atoms.